The lowest BCUT2D eigenvalue weighted by Gasteiger charge is -2.20. The molecule has 0 aliphatic heterocycles. The number of hydrogen-bond donors (Lipinski definition) is 0. The first-order valence-electron chi connectivity index (χ1n) is 9.06. The molecule has 0 saturated carbocycles. The fourth-order valence-electron chi connectivity index (χ4n) is 2.81. The highest BCUT2D eigenvalue weighted by Gasteiger charge is 2.12. The van der Waals surface area contributed by atoms with Crippen molar-refractivity contribution in [1.29, 1.82) is 0 Å². The molecule has 0 spiro atoms. The van der Waals surface area contributed by atoms with Gasteiger partial charge >= 0.3 is 0 Å². The van der Waals surface area contributed by atoms with Gasteiger partial charge in [-0.05, 0) is 49.6 Å². The topological polar surface area (TPSA) is 68.2 Å². The second-order valence-corrected chi connectivity index (χ2v) is 7.88. The minimum Gasteiger partial charge on any atom is -0.444 e. The van der Waals surface area contributed by atoms with Crippen LogP contribution in [0, 0.1) is 0 Å². The number of aromatic nitrogens is 3. The highest BCUT2D eigenvalue weighted by atomic mass is 32.2. The Morgan fingerprint density at radius 3 is 2.57 bits per heavy atom. The van der Waals surface area contributed by atoms with Crippen molar-refractivity contribution in [3.63, 3.8) is 0 Å². The average Bonchev–Trinajstić information content (AvgIpc) is 3.49. The monoisotopic (exact) mass is 412 g/mol. The van der Waals surface area contributed by atoms with Crippen LogP contribution in [0.25, 0.3) is 22.2 Å². The Bertz CT molecular complexity index is 1010. The molecule has 0 bridgehead atoms. The van der Waals surface area contributed by atoms with Gasteiger partial charge < -0.3 is 13.7 Å². The van der Waals surface area contributed by atoms with Gasteiger partial charge in [0.15, 0.2) is 0 Å². The fourth-order valence-corrected chi connectivity index (χ4v) is 4.11. The van der Waals surface area contributed by atoms with Crippen LogP contribution in [0.4, 0.5) is 5.69 Å². The van der Waals surface area contributed by atoms with E-state index >= 15 is 0 Å². The predicted octanol–water partition coefficient (Wildman–Crippen LogP) is 5.59. The quantitative estimate of drug-likeness (QED) is 0.349. The van der Waals surface area contributed by atoms with Gasteiger partial charge in [-0.15, -0.1) is 21.5 Å². The van der Waals surface area contributed by atoms with Crippen molar-refractivity contribution in [3.8, 4) is 22.2 Å². The molecule has 4 rings (SSSR count). The molecule has 28 heavy (non-hydrogen) atoms. The van der Waals surface area contributed by atoms with Crippen LogP contribution in [-0.2, 0) is 5.75 Å². The van der Waals surface area contributed by atoms with Crippen LogP contribution >= 0.6 is 23.1 Å². The van der Waals surface area contributed by atoms with Crippen molar-refractivity contribution in [2.45, 2.75) is 24.8 Å². The Balaban J connectivity index is 1.39. The Labute approximate surface area is 171 Å². The lowest BCUT2D eigenvalue weighted by molar-refractivity contribution is 0.466. The third kappa shape index (κ3) is 4.13. The molecular formula is C20H20N4O2S2. The molecular weight excluding hydrogens is 392 g/mol. The van der Waals surface area contributed by atoms with Crippen LogP contribution in [-0.4, -0.2) is 28.3 Å². The van der Waals surface area contributed by atoms with Crippen LogP contribution < -0.4 is 4.90 Å². The molecule has 0 atom stereocenters. The van der Waals surface area contributed by atoms with Crippen LogP contribution in [0.2, 0.25) is 0 Å². The summed E-state index contributed by atoms with van der Waals surface area (Å²) in [5.74, 6) is 1.77. The third-order valence-corrected chi connectivity index (χ3v) is 5.99. The highest BCUT2D eigenvalue weighted by Crippen LogP contribution is 2.29. The summed E-state index contributed by atoms with van der Waals surface area (Å²) in [6.45, 7) is 6.26. The number of rotatable bonds is 8. The van der Waals surface area contributed by atoms with Crippen molar-refractivity contribution < 1.29 is 8.83 Å². The van der Waals surface area contributed by atoms with E-state index in [1.807, 2.05) is 29.6 Å². The van der Waals surface area contributed by atoms with Crippen LogP contribution in [0.15, 0.2) is 62.1 Å². The molecule has 6 nitrogen and oxygen atoms in total. The van der Waals surface area contributed by atoms with Gasteiger partial charge in [0.1, 0.15) is 6.26 Å². The van der Waals surface area contributed by atoms with E-state index in [2.05, 4.69) is 46.1 Å². The lowest BCUT2D eigenvalue weighted by atomic mass is 10.2. The molecule has 1 aromatic carbocycles. The standard InChI is InChI=1S/C20H20N4O2S2/c1-3-24(4-2)16-9-7-14(8-10-16)18-22-23-20(26-18)28-13-15-12-25-19(21-15)17-6-5-11-27-17/h5-12H,3-4,13H2,1-2H3. The van der Waals surface area contributed by atoms with Crippen molar-refractivity contribution in [3.05, 3.63) is 53.7 Å². The molecule has 0 aliphatic rings. The lowest BCUT2D eigenvalue weighted by Crippen LogP contribution is -2.21. The normalized spacial score (nSPS) is 11.1. The third-order valence-electron chi connectivity index (χ3n) is 4.28. The van der Waals surface area contributed by atoms with Gasteiger partial charge in [-0.3, -0.25) is 0 Å². The molecule has 0 N–H and O–H groups in total. The number of nitrogens with zero attached hydrogens (tertiary/aromatic N) is 4. The van der Waals surface area contributed by atoms with Gasteiger partial charge in [-0.2, -0.15) is 0 Å². The van der Waals surface area contributed by atoms with Crippen LogP contribution in [0.3, 0.4) is 0 Å². The maximum Gasteiger partial charge on any atom is 0.277 e. The number of hydrogen-bond acceptors (Lipinski definition) is 8. The Hall–Kier alpha value is -2.58. The molecule has 0 saturated heterocycles. The molecule has 4 aromatic rings. The summed E-state index contributed by atoms with van der Waals surface area (Å²) in [4.78, 5) is 7.81. The molecule has 0 fully saturated rings. The van der Waals surface area contributed by atoms with Crippen LogP contribution in [0.5, 0.6) is 0 Å². The van der Waals surface area contributed by atoms with E-state index in [1.165, 1.54) is 17.4 Å². The maximum absolute atomic E-state index is 5.79. The Kier molecular flexibility index (Phi) is 5.78. The van der Waals surface area contributed by atoms with E-state index < -0.39 is 0 Å². The summed E-state index contributed by atoms with van der Waals surface area (Å²) in [6, 6.07) is 12.2. The van der Waals surface area contributed by atoms with Gasteiger partial charge in [0.2, 0.25) is 11.8 Å². The summed E-state index contributed by atoms with van der Waals surface area (Å²) < 4.78 is 11.3. The van der Waals surface area contributed by atoms with E-state index in [4.69, 9.17) is 8.83 Å². The van der Waals surface area contributed by atoms with Gasteiger partial charge in [-0.1, -0.05) is 17.8 Å². The number of benzene rings is 1. The Morgan fingerprint density at radius 1 is 1.04 bits per heavy atom. The number of anilines is 1. The zero-order valence-corrected chi connectivity index (χ0v) is 17.3. The number of thioether (sulfide) groups is 1. The zero-order chi connectivity index (χ0) is 19.3. The summed E-state index contributed by atoms with van der Waals surface area (Å²) in [6.07, 6.45) is 1.67. The maximum atomic E-state index is 5.79. The Morgan fingerprint density at radius 2 is 1.86 bits per heavy atom. The van der Waals surface area contributed by atoms with Crippen LogP contribution in [0.1, 0.15) is 19.5 Å². The van der Waals surface area contributed by atoms with Crippen molar-refractivity contribution in [1.82, 2.24) is 15.2 Å². The predicted molar refractivity (Wildman–Crippen MR) is 113 cm³/mol. The first kappa shape index (κ1) is 18.8. The molecule has 0 aliphatic carbocycles. The summed E-state index contributed by atoms with van der Waals surface area (Å²) in [5.41, 5.74) is 2.95. The first-order valence-corrected chi connectivity index (χ1v) is 10.9. The summed E-state index contributed by atoms with van der Waals surface area (Å²) >= 11 is 3.05. The van der Waals surface area contributed by atoms with E-state index in [9.17, 15) is 0 Å². The highest BCUT2D eigenvalue weighted by molar-refractivity contribution is 7.98. The summed E-state index contributed by atoms with van der Waals surface area (Å²) in [7, 11) is 0. The second kappa shape index (κ2) is 8.62. The first-order chi connectivity index (χ1) is 13.8. The number of thiophene rings is 1. The smallest absolute Gasteiger partial charge is 0.277 e. The van der Waals surface area contributed by atoms with Gasteiger partial charge in [-0.25, -0.2) is 4.98 Å². The van der Waals surface area contributed by atoms with Gasteiger partial charge in [0.25, 0.3) is 5.22 Å². The van der Waals surface area contributed by atoms with E-state index in [0.29, 0.717) is 22.8 Å². The molecule has 0 radical (unpaired) electrons. The molecule has 144 valence electrons. The van der Waals surface area contributed by atoms with Crippen molar-refractivity contribution in [2.75, 3.05) is 18.0 Å². The zero-order valence-electron chi connectivity index (χ0n) is 15.7. The number of oxazole rings is 1. The van der Waals surface area contributed by atoms with Crippen molar-refractivity contribution in [2.24, 2.45) is 0 Å². The van der Waals surface area contributed by atoms with E-state index in [0.717, 1.165) is 29.2 Å². The molecule has 3 aromatic heterocycles. The van der Waals surface area contributed by atoms with Gasteiger partial charge in [0, 0.05) is 30.1 Å². The molecule has 3 heterocycles. The molecule has 0 unspecified atom stereocenters. The minimum atomic E-state index is 0.517. The summed E-state index contributed by atoms with van der Waals surface area (Å²) in [5, 5.41) is 10.8. The fraction of sp³-hybridized carbons (Fsp3) is 0.250. The van der Waals surface area contributed by atoms with E-state index in [-0.39, 0.29) is 0 Å². The van der Waals surface area contributed by atoms with Gasteiger partial charge in [0.05, 0.1) is 10.6 Å². The van der Waals surface area contributed by atoms with Crippen molar-refractivity contribution >= 4 is 28.8 Å². The SMILES string of the molecule is CCN(CC)c1ccc(-c2nnc(SCc3coc(-c4cccs4)n3)o2)cc1. The second-order valence-electron chi connectivity index (χ2n) is 6.00. The molecule has 0 amide bonds. The van der Waals surface area contributed by atoms with E-state index in [1.54, 1.807) is 17.6 Å². The minimum absolute atomic E-state index is 0.517. The molecule has 8 heteroatoms. The largest absolute Gasteiger partial charge is 0.444 e. The average molecular weight is 413 g/mol.